The molecule has 1 saturated heterocycles. The quantitative estimate of drug-likeness (QED) is 0.665. The van der Waals surface area contributed by atoms with Gasteiger partial charge in [0.15, 0.2) is 0 Å². The van der Waals surface area contributed by atoms with E-state index in [0.29, 0.717) is 10.0 Å². The lowest BCUT2D eigenvalue weighted by Gasteiger charge is -2.42. The Morgan fingerprint density at radius 1 is 1.03 bits per heavy atom. The number of nitrogens with zero attached hydrogens (tertiary/aromatic N) is 1. The van der Waals surface area contributed by atoms with Gasteiger partial charge in [0.05, 0.1) is 6.04 Å². The maximum atomic E-state index is 13.6. The summed E-state index contributed by atoms with van der Waals surface area (Å²) in [6.45, 7) is 5.54. The number of carbonyl (C=O) groups is 1. The van der Waals surface area contributed by atoms with E-state index in [1.54, 1.807) is 6.07 Å². The van der Waals surface area contributed by atoms with Crippen molar-refractivity contribution in [1.82, 2.24) is 15.5 Å². The van der Waals surface area contributed by atoms with Crippen LogP contribution in [-0.2, 0) is 17.6 Å². The molecule has 0 unspecified atom stereocenters. The minimum absolute atomic E-state index is 0. The lowest BCUT2D eigenvalue weighted by atomic mass is 9.90. The van der Waals surface area contributed by atoms with Crippen LogP contribution in [0.4, 0.5) is 0 Å². The van der Waals surface area contributed by atoms with E-state index in [0.717, 1.165) is 44.6 Å². The SMILES string of the molecule is C[C@H](NC(=O)C1(N2CCNCC2)Cc2ccccc2C1)c1cc(Cl)cc(Cl)c1.Cl.Cl. The van der Waals surface area contributed by atoms with Crippen LogP contribution in [0.25, 0.3) is 0 Å². The number of carbonyl (C=O) groups excluding carboxylic acids is 1. The number of rotatable bonds is 4. The molecular formula is C22H27Cl4N3O. The van der Waals surface area contributed by atoms with Gasteiger partial charge in [-0.15, -0.1) is 24.8 Å². The number of amides is 1. The summed E-state index contributed by atoms with van der Waals surface area (Å²) in [5, 5.41) is 7.79. The number of benzene rings is 2. The molecule has 1 heterocycles. The predicted molar refractivity (Wildman–Crippen MR) is 129 cm³/mol. The predicted octanol–water partition coefficient (Wildman–Crippen LogP) is 4.46. The summed E-state index contributed by atoms with van der Waals surface area (Å²) in [6.07, 6.45) is 1.50. The molecule has 8 heteroatoms. The van der Waals surface area contributed by atoms with Crippen molar-refractivity contribution in [1.29, 1.82) is 0 Å². The molecule has 1 aliphatic heterocycles. The van der Waals surface area contributed by atoms with Crippen molar-refractivity contribution in [3.8, 4) is 0 Å². The minimum Gasteiger partial charge on any atom is -0.348 e. The number of fused-ring (bicyclic) bond motifs is 1. The fraction of sp³-hybridized carbons (Fsp3) is 0.409. The maximum absolute atomic E-state index is 13.6. The summed E-state index contributed by atoms with van der Waals surface area (Å²) >= 11 is 12.3. The highest BCUT2D eigenvalue weighted by Crippen LogP contribution is 2.36. The van der Waals surface area contributed by atoms with Gasteiger partial charge in [0, 0.05) is 49.1 Å². The molecule has 2 aromatic carbocycles. The van der Waals surface area contributed by atoms with Gasteiger partial charge in [-0.1, -0.05) is 47.5 Å². The van der Waals surface area contributed by atoms with Crippen molar-refractivity contribution in [3.05, 3.63) is 69.2 Å². The average Bonchev–Trinajstić information content (AvgIpc) is 3.09. The second-order valence-electron chi connectivity index (χ2n) is 7.79. The van der Waals surface area contributed by atoms with E-state index in [-0.39, 0.29) is 36.8 Å². The van der Waals surface area contributed by atoms with E-state index >= 15 is 0 Å². The highest BCUT2D eigenvalue weighted by Gasteiger charge is 2.48. The Bertz CT molecular complexity index is 841. The molecule has 0 saturated carbocycles. The smallest absolute Gasteiger partial charge is 0.241 e. The molecule has 1 atom stereocenters. The van der Waals surface area contributed by atoms with Gasteiger partial charge in [-0.05, 0) is 41.8 Å². The standard InChI is InChI=1S/C22H25Cl2N3O.2ClH/c1-15(18-10-19(23)12-20(24)11-18)26-21(28)22(27-8-6-25-7-9-27)13-16-4-2-3-5-17(16)14-22;;/h2-5,10-12,15,25H,6-9,13-14H2,1H3,(H,26,28);2*1H/t15-;;/m0../s1. The summed E-state index contributed by atoms with van der Waals surface area (Å²) in [7, 11) is 0. The first-order valence-electron chi connectivity index (χ1n) is 9.77. The van der Waals surface area contributed by atoms with Crippen LogP contribution in [0, 0.1) is 0 Å². The van der Waals surface area contributed by atoms with Crippen LogP contribution in [0.5, 0.6) is 0 Å². The van der Waals surface area contributed by atoms with Crippen molar-refractivity contribution in [3.63, 3.8) is 0 Å². The number of nitrogens with one attached hydrogen (secondary N) is 2. The largest absolute Gasteiger partial charge is 0.348 e. The van der Waals surface area contributed by atoms with Gasteiger partial charge in [0.25, 0.3) is 0 Å². The van der Waals surface area contributed by atoms with E-state index in [1.807, 2.05) is 19.1 Å². The summed E-state index contributed by atoms with van der Waals surface area (Å²) in [5.74, 6) is 0.0780. The van der Waals surface area contributed by atoms with Gasteiger partial charge in [-0.25, -0.2) is 0 Å². The molecule has 30 heavy (non-hydrogen) atoms. The van der Waals surface area contributed by atoms with Gasteiger partial charge >= 0.3 is 0 Å². The molecule has 0 spiro atoms. The van der Waals surface area contributed by atoms with Crippen molar-refractivity contribution in [2.45, 2.75) is 31.3 Å². The normalized spacial score (nSPS) is 18.5. The third-order valence-electron chi connectivity index (χ3n) is 5.96. The Kier molecular flexibility index (Phi) is 8.87. The van der Waals surface area contributed by atoms with E-state index in [9.17, 15) is 4.79 Å². The van der Waals surface area contributed by atoms with Crippen LogP contribution < -0.4 is 10.6 Å². The fourth-order valence-corrected chi connectivity index (χ4v) is 5.00. The Morgan fingerprint density at radius 3 is 2.10 bits per heavy atom. The minimum atomic E-state index is -0.539. The van der Waals surface area contributed by atoms with E-state index < -0.39 is 5.54 Å². The van der Waals surface area contributed by atoms with E-state index in [2.05, 4.69) is 39.8 Å². The lowest BCUT2D eigenvalue weighted by molar-refractivity contribution is -0.134. The molecule has 1 fully saturated rings. The van der Waals surface area contributed by atoms with Crippen LogP contribution in [0.1, 0.15) is 29.7 Å². The van der Waals surface area contributed by atoms with Crippen LogP contribution in [0.15, 0.2) is 42.5 Å². The zero-order valence-electron chi connectivity index (χ0n) is 16.8. The van der Waals surface area contributed by atoms with Gasteiger partial charge < -0.3 is 10.6 Å². The Morgan fingerprint density at radius 2 is 1.57 bits per heavy atom. The summed E-state index contributed by atoms with van der Waals surface area (Å²) in [4.78, 5) is 16.0. The molecule has 2 N–H and O–H groups in total. The first kappa shape index (κ1) is 25.3. The molecule has 1 amide bonds. The average molecular weight is 491 g/mol. The molecule has 2 aliphatic rings. The third kappa shape index (κ3) is 5.07. The van der Waals surface area contributed by atoms with Crippen LogP contribution in [0.3, 0.4) is 0 Å². The first-order chi connectivity index (χ1) is 13.5. The second kappa shape index (κ2) is 10.5. The van der Waals surface area contributed by atoms with Gasteiger partial charge in [0.1, 0.15) is 5.54 Å². The molecule has 4 nitrogen and oxygen atoms in total. The van der Waals surface area contributed by atoms with Gasteiger partial charge in [0.2, 0.25) is 5.91 Å². The molecule has 1 aliphatic carbocycles. The van der Waals surface area contributed by atoms with Crippen LogP contribution in [-0.4, -0.2) is 42.5 Å². The molecule has 4 rings (SSSR count). The molecule has 2 aromatic rings. The van der Waals surface area contributed by atoms with Gasteiger partial charge in [-0.3, -0.25) is 9.69 Å². The van der Waals surface area contributed by atoms with E-state index in [4.69, 9.17) is 23.2 Å². The monoisotopic (exact) mass is 489 g/mol. The Balaban J connectivity index is 0.00000160. The van der Waals surface area contributed by atoms with Crippen molar-refractivity contribution >= 4 is 53.9 Å². The molecule has 0 radical (unpaired) electrons. The highest BCUT2D eigenvalue weighted by atomic mass is 35.5. The molecule has 164 valence electrons. The maximum Gasteiger partial charge on any atom is 0.241 e. The van der Waals surface area contributed by atoms with Crippen LogP contribution in [0.2, 0.25) is 10.0 Å². The summed E-state index contributed by atoms with van der Waals surface area (Å²) in [5.41, 5.74) is 2.92. The molecule has 0 bridgehead atoms. The third-order valence-corrected chi connectivity index (χ3v) is 6.40. The summed E-state index contributed by atoms with van der Waals surface area (Å²) in [6, 6.07) is 13.7. The molecule has 0 aromatic heterocycles. The van der Waals surface area contributed by atoms with Gasteiger partial charge in [-0.2, -0.15) is 0 Å². The van der Waals surface area contributed by atoms with Crippen molar-refractivity contribution in [2.75, 3.05) is 26.2 Å². The zero-order chi connectivity index (χ0) is 19.7. The second-order valence-corrected chi connectivity index (χ2v) is 8.66. The molecular weight excluding hydrogens is 464 g/mol. The Labute approximate surface area is 200 Å². The topological polar surface area (TPSA) is 44.4 Å². The fourth-order valence-electron chi connectivity index (χ4n) is 4.46. The van der Waals surface area contributed by atoms with E-state index in [1.165, 1.54) is 11.1 Å². The number of halogens is 4. The first-order valence-corrected chi connectivity index (χ1v) is 10.5. The lowest BCUT2D eigenvalue weighted by Crippen LogP contribution is -2.64. The number of hydrogen-bond donors (Lipinski definition) is 2. The Hall–Kier alpha value is -1.01. The van der Waals surface area contributed by atoms with Crippen molar-refractivity contribution < 1.29 is 4.79 Å². The summed E-state index contributed by atoms with van der Waals surface area (Å²) < 4.78 is 0. The van der Waals surface area contributed by atoms with Crippen LogP contribution >= 0.6 is 48.0 Å². The zero-order valence-corrected chi connectivity index (χ0v) is 19.9. The highest BCUT2D eigenvalue weighted by molar-refractivity contribution is 6.34. The van der Waals surface area contributed by atoms with Crippen molar-refractivity contribution in [2.24, 2.45) is 0 Å². The number of hydrogen-bond acceptors (Lipinski definition) is 3. The number of piperazine rings is 1.